The van der Waals surface area contributed by atoms with Crippen LogP contribution >= 0.6 is 0 Å². The number of carbonyl (C=O) groups is 2. The van der Waals surface area contributed by atoms with Crippen molar-refractivity contribution in [2.24, 2.45) is 35.2 Å². The Morgan fingerprint density at radius 1 is 0.471 bits per heavy atom. The summed E-state index contributed by atoms with van der Waals surface area (Å²) in [4.78, 5) is 69.7. The monoisotopic (exact) mass is 1390 g/mol. The third-order valence-electron chi connectivity index (χ3n) is 19.0. The minimum atomic E-state index is -0.440. The highest BCUT2D eigenvalue weighted by molar-refractivity contribution is 6.52. The van der Waals surface area contributed by atoms with Crippen LogP contribution in [0.25, 0.3) is 76.8 Å². The van der Waals surface area contributed by atoms with Crippen LogP contribution in [-0.2, 0) is 46.5 Å². The second kappa shape index (κ2) is 32.2. The van der Waals surface area contributed by atoms with Crippen LogP contribution in [0.3, 0.4) is 0 Å². The van der Waals surface area contributed by atoms with Gasteiger partial charge in [0.15, 0.2) is 5.58 Å². The molecule has 0 bridgehead atoms. The minimum absolute atomic E-state index is 0.306. The highest BCUT2D eigenvalue weighted by atomic mass is 16.4. The van der Waals surface area contributed by atoms with E-state index in [0.717, 1.165) is 44.6 Å². The number of Topliss-reactive ketones (excluding diaryl/α,β-unsaturated/α-hetero) is 1. The number of nitrogens with one attached hydrogen (secondary N) is 3. The number of carbonyl (C=O) groups excluding carboxylic acids is 2. The molecule has 16 aromatic rings. The van der Waals surface area contributed by atoms with Gasteiger partial charge in [-0.3, -0.25) is 33.6 Å². The number of para-hydroxylation sites is 5. The van der Waals surface area contributed by atoms with E-state index in [-0.39, 0.29) is 17.0 Å². The summed E-state index contributed by atoms with van der Waals surface area (Å²) in [5.74, 6) is -1.15. The van der Waals surface area contributed by atoms with Crippen molar-refractivity contribution in [3.05, 3.63) is 293 Å². The number of likely N-dealkylation sites (N-methyl/N-ethyl adjacent to an activating group) is 2. The van der Waals surface area contributed by atoms with Gasteiger partial charge in [0.1, 0.15) is 11.2 Å². The number of furan rings is 1. The van der Waals surface area contributed by atoms with Crippen molar-refractivity contribution in [3.8, 4) is 0 Å². The molecule has 0 aliphatic carbocycles. The molecular formula is C85H92N12O7. The molecule has 3 N–H and O–H groups in total. The molecule has 19 heteroatoms. The zero-order chi connectivity index (χ0) is 75.0. The molecule has 104 heavy (non-hydrogen) atoms. The van der Waals surface area contributed by atoms with Gasteiger partial charge in [0, 0.05) is 108 Å². The number of aryl methyl sites for hydroxylation is 16. The molecule has 8 aromatic heterocycles. The van der Waals surface area contributed by atoms with Crippen molar-refractivity contribution < 1.29 is 18.4 Å². The van der Waals surface area contributed by atoms with Gasteiger partial charge in [0.05, 0.1) is 56.8 Å². The summed E-state index contributed by atoms with van der Waals surface area (Å²) in [5, 5.41) is 12.9. The highest BCUT2D eigenvalue weighted by Crippen LogP contribution is 2.32. The lowest BCUT2D eigenvalue weighted by molar-refractivity contribution is -0.114. The van der Waals surface area contributed by atoms with Gasteiger partial charge in [0.2, 0.25) is 0 Å². The minimum Gasteiger partial charge on any atom is -0.464 e. The lowest BCUT2D eigenvalue weighted by Crippen LogP contribution is -2.28. The number of oxazole rings is 1. The number of rotatable bonds is 0. The Kier molecular flexibility index (Phi) is 23.0. The van der Waals surface area contributed by atoms with E-state index in [1.807, 2.05) is 93.3 Å². The summed E-state index contributed by atoms with van der Waals surface area (Å²) in [6.45, 7) is 24.0. The van der Waals surface area contributed by atoms with Gasteiger partial charge in [-0.05, 0) is 198 Å². The Hall–Kier alpha value is -12.3. The molecule has 2 aliphatic heterocycles. The maximum absolute atomic E-state index is 11.4. The zero-order valence-corrected chi connectivity index (χ0v) is 62.7. The molecule has 0 atom stereocenters. The molecule has 0 saturated carbocycles. The molecule has 19 nitrogen and oxygen atoms in total. The molecular weight excluding hydrogens is 1300 g/mol. The lowest BCUT2D eigenvalue weighted by Gasteiger charge is -2.13. The number of fused-ring (bicyclic) bond motifs is 9. The average molecular weight is 1390 g/mol. The Bertz CT molecular complexity index is 5520. The fraction of sp³-hybridized carbons (Fsp3) is 0.235. The molecule has 1 amide bonds. The van der Waals surface area contributed by atoms with Crippen LogP contribution in [-0.4, -0.2) is 80.3 Å². The third-order valence-corrected chi connectivity index (χ3v) is 19.0. The number of imidazole rings is 1. The van der Waals surface area contributed by atoms with Crippen LogP contribution in [0.2, 0.25) is 0 Å². The SMILES string of the molecule is Cc1cccc2[nH]cc(C)c12.Cc1cccc2c1N(C)C(=O)C2=O.Cc1cccc2c1N(C)CC2.Cc1cccc2ccn(C)c12.Cc1cccc2n[nH]c(C)c12.Cc1cccc2ncn(C)c12.Cc1cccc2oc(=O)n(C)c12.Cc1cccc2occ(C)c12.Cn1ccc2c(=O)[nH]c(=O)n(C)c21. The summed E-state index contributed by atoms with van der Waals surface area (Å²) in [6, 6.07) is 52.5. The predicted octanol–water partition coefficient (Wildman–Crippen LogP) is 16.5. The van der Waals surface area contributed by atoms with Gasteiger partial charge in [-0.25, -0.2) is 14.6 Å². The number of ketones is 1. The fourth-order valence-electron chi connectivity index (χ4n) is 13.8. The van der Waals surface area contributed by atoms with E-state index in [1.165, 1.54) is 121 Å². The molecule has 0 spiro atoms. The first-order valence-electron chi connectivity index (χ1n) is 34.4. The van der Waals surface area contributed by atoms with Gasteiger partial charge in [-0.2, -0.15) is 5.10 Å². The molecule has 0 fully saturated rings. The van der Waals surface area contributed by atoms with E-state index in [0.29, 0.717) is 22.2 Å². The number of hydrogen-bond donors (Lipinski definition) is 3. The van der Waals surface area contributed by atoms with Crippen molar-refractivity contribution in [3.63, 3.8) is 0 Å². The summed E-state index contributed by atoms with van der Waals surface area (Å²) in [7, 11) is 13.0. The van der Waals surface area contributed by atoms with Crippen LogP contribution < -0.4 is 26.8 Å². The number of nitrogens with zero attached hydrogens (tertiary/aromatic N) is 9. The van der Waals surface area contributed by atoms with Gasteiger partial charge < -0.3 is 37.3 Å². The first kappa shape index (κ1) is 74.4. The number of hydrogen-bond acceptors (Lipinski definition) is 10. The summed E-state index contributed by atoms with van der Waals surface area (Å²) in [5.41, 5.74) is 26.3. The van der Waals surface area contributed by atoms with Crippen molar-refractivity contribution in [2.75, 3.05) is 30.4 Å². The fourth-order valence-corrected chi connectivity index (χ4v) is 13.8. The summed E-state index contributed by atoms with van der Waals surface area (Å²) < 4.78 is 19.2. The van der Waals surface area contributed by atoms with Gasteiger partial charge in [0.25, 0.3) is 17.2 Å². The average Bonchev–Trinajstić information content (AvgIpc) is 1.62. The molecule has 0 unspecified atom stereocenters. The number of H-pyrrole nitrogens is 3. The number of aromatic nitrogens is 10. The first-order valence-corrected chi connectivity index (χ1v) is 34.4. The normalized spacial score (nSPS) is 11.8. The Labute approximate surface area is 604 Å². The second-order valence-corrected chi connectivity index (χ2v) is 26.6. The van der Waals surface area contributed by atoms with Gasteiger partial charge in [-0.15, -0.1) is 0 Å². The molecule has 2 aliphatic rings. The summed E-state index contributed by atoms with van der Waals surface area (Å²) in [6.07, 6.45) is 10.8. The Morgan fingerprint density at radius 3 is 1.67 bits per heavy atom. The number of amides is 1. The first-order chi connectivity index (χ1) is 49.7. The Morgan fingerprint density at radius 2 is 1.04 bits per heavy atom. The van der Waals surface area contributed by atoms with Crippen LogP contribution in [0.5, 0.6) is 0 Å². The largest absolute Gasteiger partial charge is 0.464 e. The molecule has 10 heterocycles. The molecule has 0 saturated heterocycles. The lowest BCUT2D eigenvalue weighted by atomic mass is 10.1. The van der Waals surface area contributed by atoms with E-state index in [9.17, 15) is 24.0 Å². The van der Waals surface area contributed by atoms with Gasteiger partial charge in [-0.1, -0.05) is 109 Å². The van der Waals surface area contributed by atoms with E-state index < -0.39 is 11.7 Å². The molecule has 0 radical (unpaired) electrons. The van der Waals surface area contributed by atoms with Gasteiger partial charge >= 0.3 is 11.4 Å². The van der Waals surface area contributed by atoms with Crippen molar-refractivity contribution >= 4 is 99.9 Å². The predicted molar refractivity (Wildman–Crippen MR) is 424 cm³/mol. The number of anilines is 2. The standard InChI is InChI=1S/C10H9NO2.C10H13N.2C10H11N.C10H10O.2C9H10N2.C9H9NO2.C8H9N3O2/c1-6-4-3-5-7-8(6)11(2)10(13)9(7)12;2*1-8-4-3-5-9-6-7-11(2)10(8)9;2*1-7-4-3-5-9-10(7)8(2)6-11-9;1-7-4-3-5-8-9(7)11(2)6-10-8;1-6-4-3-5-8-9(6)7(2)10-11-8;1-6-4-3-5-7-8(6)10(2)9(11)12-7;1-10-4-3-5-6(12)9-8(13)11(2)7(5)10/h3-5H,1-2H3;3-5H,6-7H2,1-2H3;3-7H,1-2H3;3-6,11H,1-2H3;2*3-6H,1-2H3;3-5H,1-2H3,(H,10,11);3-5H,1-2H3;3-4H,1-2H3,(H,9,12,13). The maximum atomic E-state index is 11.4. The van der Waals surface area contributed by atoms with Crippen molar-refractivity contribution in [1.82, 2.24) is 48.0 Å². The smallest absolute Gasteiger partial charge is 0.419 e. The van der Waals surface area contributed by atoms with E-state index in [4.69, 9.17) is 8.83 Å². The topological polar surface area (TPSA) is 216 Å². The maximum Gasteiger partial charge on any atom is 0.419 e. The van der Waals surface area contributed by atoms with E-state index in [1.54, 1.807) is 69.5 Å². The number of benzene rings is 8. The quantitative estimate of drug-likeness (QED) is 0.122. The Balaban J connectivity index is 0.000000126. The van der Waals surface area contributed by atoms with Crippen LogP contribution in [0.4, 0.5) is 11.4 Å². The van der Waals surface area contributed by atoms with Crippen LogP contribution in [0.15, 0.2) is 212 Å². The van der Waals surface area contributed by atoms with Crippen molar-refractivity contribution in [1.29, 1.82) is 0 Å². The second-order valence-electron chi connectivity index (χ2n) is 26.6. The zero-order valence-electron chi connectivity index (χ0n) is 62.7. The molecule has 8 aromatic carbocycles. The third kappa shape index (κ3) is 15.9. The molecule has 534 valence electrons. The highest BCUT2D eigenvalue weighted by Gasteiger charge is 2.34. The van der Waals surface area contributed by atoms with Crippen LogP contribution in [0, 0.1) is 76.2 Å². The van der Waals surface area contributed by atoms with Crippen molar-refractivity contribution in [2.45, 2.75) is 82.6 Å². The van der Waals surface area contributed by atoms with E-state index >= 15 is 0 Å². The summed E-state index contributed by atoms with van der Waals surface area (Å²) >= 11 is 0. The molecule has 18 rings (SSSR count). The van der Waals surface area contributed by atoms with Crippen LogP contribution in [0.1, 0.15) is 77.2 Å². The number of aromatic amines is 3. The van der Waals surface area contributed by atoms with E-state index in [2.05, 4.69) is 195 Å².